The number of aromatic nitrogens is 2. The number of aryl methyl sites for hydroxylation is 1. The van der Waals surface area contributed by atoms with Crippen molar-refractivity contribution in [1.82, 2.24) is 14.5 Å². The second-order valence-corrected chi connectivity index (χ2v) is 5.61. The molecule has 0 spiro atoms. The molecule has 1 heterocycles. The van der Waals surface area contributed by atoms with E-state index in [4.69, 9.17) is 5.73 Å². The molecule has 19 heavy (non-hydrogen) atoms. The van der Waals surface area contributed by atoms with Gasteiger partial charge in [0.05, 0.1) is 12.6 Å². The van der Waals surface area contributed by atoms with E-state index < -0.39 is 29.2 Å². The molecule has 0 saturated heterocycles. The first-order chi connectivity index (χ1) is 8.74. The Morgan fingerprint density at radius 3 is 2.68 bits per heavy atom. The predicted molar refractivity (Wildman–Crippen MR) is 61.8 cm³/mol. The molecular formula is C9H15F3N4O2S. The van der Waals surface area contributed by atoms with E-state index in [0.29, 0.717) is 19.5 Å². The van der Waals surface area contributed by atoms with Crippen LogP contribution in [0.3, 0.4) is 0 Å². The second kappa shape index (κ2) is 6.35. The Morgan fingerprint density at radius 1 is 1.42 bits per heavy atom. The first kappa shape index (κ1) is 15.9. The highest BCUT2D eigenvalue weighted by atomic mass is 32.2. The van der Waals surface area contributed by atoms with Crippen molar-refractivity contribution in [1.29, 1.82) is 0 Å². The van der Waals surface area contributed by atoms with E-state index in [-0.39, 0.29) is 4.90 Å². The summed E-state index contributed by atoms with van der Waals surface area (Å²) in [5.74, 6) is 0. The molecular weight excluding hydrogens is 285 g/mol. The smallest absolute Gasteiger partial charge is 0.330 e. The van der Waals surface area contributed by atoms with E-state index in [9.17, 15) is 21.6 Å². The van der Waals surface area contributed by atoms with Crippen LogP contribution in [-0.2, 0) is 16.6 Å². The molecule has 0 radical (unpaired) electrons. The predicted octanol–water partition coefficient (Wildman–Crippen LogP) is 0.463. The van der Waals surface area contributed by atoms with Crippen molar-refractivity contribution in [2.75, 3.05) is 13.1 Å². The quantitative estimate of drug-likeness (QED) is 0.765. The summed E-state index contributed by atoms with van der Waals surface area (Å²) >= 11 is 0. The van der Waals surface area contributed by atoms with E-state index in [1.165, 1.54) is 10.9 Å². The standard InChI is InChI=1S/C9H15F3N4O2S/c10-9(11,12)2-4-15-19(17,18)8-6-14-16(7-8)5-1-3-13/h6-7,15H,1-5,13H2. The number of alkyl halides is 3. The number of rotatable bonds is 7. The minimum absolute atomic E-state index is 0.160. The van der Waals surface area contributed by atoms with Gasteiger partial charge in [-0.3, -0.25) is 4.68 Å². The van der Waals surface area contributed by atoms with Gasteiger partial charge in [0.15, 0.2) is 0 Å². The fourth-order valence-corrected chi connectivity index (χ4v) is 2.25. The van der Waals surface area contributed by atoms with Crippen molar-refractivity contribution < 1.29 is 21.6 Å². The van der Waals surface area contributed by atoms with Gasteiger partial charge in [-0.15, -0.1) is 0 Å². The molecule has 0 aliphatic heterocycles. The van der Waals surface area contributed by atoms with Crippen LogP contribution in [0.2, 0.25) is 0 Å². The zero-order valence-corrected chi connectivity index (χ0v) is 10.8. The third kappa shape index (κ3) is 5.57. The molecule has 110 valence electrons. The van der Waals surface area contributed by atoms with Crippen molar-refractivity contribution >= 4 is 10.0 Å². The lowest BCUT2D eigenvalue weighted by molar-refractivity contribution is -0.132. The highest BCUT2D eigenvalue weighted by molar-refractivity contribution is 7.89. The van der Waals surface area contributed by atoms with Gasteiger partial charge in [0.2, 0.25) is 10.0 Å². The van der Waals surface area contributed by atoms with Gasteiger partial charge in [-0.05, 0) is 13.0 Å². The topological polar surface area (TPSA) is 90.0 Å². The summed E-state index contributed by atoms with van der Waals surface area (Å²) in [6, 6.07) is 0. The largest absolute Gasteiger partial charge is 0.390 e. The molecule has 0 fully saturated rings. The summed E-state index contributed by atoms with van der Waals surface area (Å²) in [6.07, 6.45) is -2.64. The molecule has 0 saturated carbocycles. The summed E-state index contributed by atoms with van der Waals surface area (Å²) in [5.41, 5.74) is 5.30. The first-order valence-electron chi connectivity index (χ1n) is 5.53. The van der Waals surface area contributed by atoms with Crippen molar-refractivity contribution in [3.8, 4) is 0 Å². The lowest BCUT2D eigenvalue weighted by atomic mass is 10.4. The molecule has 0 bridgehead atoms. The van der Waals surface area contributed by atoms with Gasteiger partial charge in [0.1, 0.15) is 4.90 Å². The molecule has 0 aliphatic carbocycles. The molecule has 1 rings (SSSR count). The fraction of sp³-hybridized carbons (Fsp3) is 0.667. The van der Waals surface area contributed by atoms with E-state index in [1.54, 1.807) is 0 Å². The summed E-state index contributed by atoms with van der Waals surface area (Å²) in [7, 11) is -3.95. The van der Waals surface area contributed by atoms with E-state index >= 15 is 0 Å². The van der Waals surface area contributed by atoms with Crippen molar-refractivity contribution in [2.45, 2.75) is 30.5 Å². The Balaban J connectivity index is 2.59. The van der Waals surface area contributed by atoms with Crippen molar-refractivity contribution in [2.24, 2.45) is 5.73 Å². The third-order valence-corrected chi connectivity index (χ3v) is 3.63. The maximum Gasteiger partial charge on any atom is 0.390 e. The Bertz CT molecular complexity index is 498. The average Bonchev–Trinajstić information content (AvgIpc) is 2.73. The summed E-state index contributed by atoms with van der Waals surface area (Å²) in [4.78, 5) is -0.160. The normalized spacial score (nSPS) is 12.8. The maximum atomic E-state index is 11.9. The number of hydrogen-bond acceptors (Lipinski definition) is 4. The van der Waals surface area contributed by atoms with Crippen LogP contribution in [0.25, 0.3) is 0 Å². The molecule has 1 aromatic heterocycles. The Hall–Kier alpha value is -1.13. The fourth-order valence-electron chi connectivity index (χ4n) is 1.27. The highest BCUT2D eigenvalue weighted by Crippen LogP contribution is 2.18. The van der Waals surface area contributed by atoms with Gasteiger partial charge in [-0.1, -0.05) is 0 Å². The number of halogens is 3. The summed E-state index contributed by atoms with van der Waals surface area (Å²) in [5, 5.41) is 3.80. The highest BCUT2D eigenvalue weighted by Gasteiger charge is 2.27. The SMILES string of the molecule is NCCCn1cc(S(=O)(=O)NCCC(F)(F)F)cn1. The molecule has 0 amide bonds. The van der Waals surface area contributed by atoms with E-state index in [2.05, 4.69) is 5.10 Å². The van der Waals surface area contributed by atoms with Crippen LogP contribution in [0.4, 0.5) is 13.2 Å². The zero-order valence-electron chi connectivity index (χ0n) is 10.0. The monoisotopic (exact) mass is 300 g/mol. The second-order valence-electron chi connectivity index (χ2n) is 3.84. The van der Waals surface area contributed by atoms with Gasteiger partial charge < -0.3 is 5.73 Å². The molecule has 0 unspecified atom stereocenters. The Kier molecular flexibility index (Phi) is 5.32. The Labute approximate surface area is 108 Å². The Morgan fingerprint density at radius 2 is 2.11 bits per heavy atom. The van der Waals surface area contributed by atoms with Crippen LogP contribution in [-0.4, -0.2) is 37.5 Å². The van der Waals surface area contributed by atoms with Gasteiger partial charge >= 0.3 is 6.18 Å². The van der Waals surface area contributed by atoms with Gasteiger partial charge in [0.25, 0.3) is 0 Å². The van der Waals surface area contributed by atoms with Crippen LogP contribution in [0.15, 0.2) is 17.3 Å². The minimum Gasteiger partial charge on any atom is -0.330 e. The van der Waals surface area contributed by atoms with Crippen molar-refractivity contribution in [3.63, 3.8) is 0 Å². The van der Waals surface area contributed by atoms with Crippen LogP contribution in [0, 0.1) is 0 Å². The number of hydrogen-bond donors (Lipinski definition) is 2. The van der Waals surface area contributed by atoms with E-state index in [1.807, 2.05) is 4.72 Å². The van der Waals surface area contributed by atoms with Crippen LogP contribution >= 0.6 is 0 Å². The zero-order chi connectivity index (χ0) is 14.5. The van der Waals surface area contributed by atoms with Gasteiger partial charge in [-0.2, -0.15) is 18.3 Å². The average molecular weight is 300 g/mol. The molecule has 0 aliphatic rings. The molecule has 1 aromatic rings. The van der Waals surface area contributed by atoms with Crippen LogP contribution < -0.4 is 10.5 Å². The molecule has 6 nitrogen and oxygen atoms in total. The molecule has 0 aromatic carbocycles. The lowest BCUT2D eigenvalue weighted by Gasteiger charge is -2.07. The summed E-state index contributed by atoms with van der Waals surface area (Å²) < 4.78 is 62.3. The molecule has 0 atom stereocenters. The van der Waals surface area contributed by atoms with E-state index in [0.717, 1.165) is 6.20 Å². The van der Waals surface area contributed by atoms with Crippen LogP contribution in [0.5, 0.6) is 0 Å². The minimum atomic E-state index is -4.40. The maximum absolute atomic E-state index is 11.9. The lowest BCUT2D eigenvalue weighted by Crippen LogP contribution is -2.27. The number of nitrogens with two attached hydrogens (primary N) is 1. The molecule has 10 heteroatoms. The number of sulfonamides is 1. The van der Waals surface area contributed by atoms with Crippen LogP contribution in [0.1, 0.15) is 12.8 Å². The van der Waals surface area contributed by atoms with Crippen molar-refractivity contribution in [3.05, 3.63) is 12.4 Å². The van der Waals surface area contributed by atoms with Gasteiger partial charge in [0, 0.05) is 19.3 Å². The summed E-state index contributed by atoms with van der Waals surface area (Å²) in [6.45, 7) is 0.195. The third-order valence-electron chi connectivity index (χ3n) is 2.21. The number of nitrogens with one attached hydrogen (secondary N) is 1. The first-order valence-corrected chi connectivity index (χ1v) is 7.02. The number of nitrogens with zero attached hydrogens (tertiary/aromatic N) is 2. The van der Waals surface area contributed by atoms with Gasteiger partial charge in [-0.25, -0.2) is 13.1 Å². The molecule has 3 N–H and O–H groups in total.